The van der Waals surface area contributed by atoms with Gasteiger partial charge < -0.3 is 19.6 Å². The van der Waals surface area contributed by atoms with Crippen molar-refractivity contribution < 1.29 is 14.6 Å². The summed E-state index contributed by atoms with van der Waals surface area (Å²) in [6.07, 6.45) is 1.72. The van der Waals surface area contributed by atoms with Crippen molar-refractivity contribution in [1.29, 1.82) is 0 Å². The van der Waals surface area contributed by atoms with Crippen molar-refractivity contribution >= 4 is 53.1 Å². The first-order chi connectivity index (χ1) is 14.1. The Hall–Kier alpha value is -1.44. The number of carboxylic acid groups (broad SMARTS) is 1. The number of rotatable bonds is 7. The van der Waals surface area contributed by atoms with E-state index in [0.717, 1.165) is 43.2 Å². The lowest BCUT2D eigenvalue weighted by atomic mass is 9.98. The number of para-hydroxylation sites is 1. The molecule has 0 aromatic heterocycles. The maximum atomic E-state index is 11.2. The van der Waals surface area contributed by atoms with Crippen molar-refractivity contribution in [1.82, 2.24) is 4.90 Å². The summed E-state index contributed by atoms with van der Waals surface area (Å²) in [7, 11) is 0. The van der Waals surface area contributed by atoms with Gasteiger partial charge in [-0.15, -0.1) is 12.4 Å². The van der Waals surface area contributed by atoms with Gasteiger partial charge in [-0.2, -0.15) is 0 Å². The predicted octanol–water partition coefficient (Wildman–Crippen LogP) is 5.18. The molecular weight excluding hydrogens is 443 g/mol. The van der Waals surface area contributed by atoms with Gasteiger partial charge in [-0.25, -0.2) is 0 Å². The van der Waals surface area contributed by atoms with Gasteiger partial charge in [-0.1, -0.05) is 35.5 Å². The maximum Gasteiger partial charge on any atom is 0.307 e. The van der Waals surface area contributed by atoms with E-state index in [1.807, 2.05) is 12.1 Å². The second kappa shape index (κ2) is 10.7. The average molecular weight is 469 g/mol. The van der Waals surface area contributed by atoms with E-state index in [0.29, 0.717) is 19.8 Å². The molecule has 2 heterocycles. The molecule has 8 heteroatoms. The Balaban J connectivity index is 0.00000256. The molecule has 2 aliphatic rings. The zero-order chi connectivity index (χ0) is 20.2. The minimum Gasteiger partial charge on any atom is -0.481 e. The molecule has 1 atom stereocenters. The molecule has 4 rings (SSSR count). The van der Waals surface area contributed by atoms with E-state index in [-0.39, 0.29) is 18.3 Å². The van der Waals surface area contributed by atoms with Crippen LogP contribution in [0.1, 0.15) is 12.8 Å². The number of fused-ring (bicyclic) bond motifs is 2. The first-order valence-electron chi connectivity index (χ1n) is 9.98. The first kappa shape index (κ1) is 23.2. The summed E-state index contributed by atoms with van der Waals surface area (Å²) in [5.41, 5.74) is 2.29. The van der Waals surface area contributed by atoms with Gasteiger partial charge in [0.1, 0.15) is 0 Å². The molecule has 0 aliphatic carbocycles. The number of ether oxygens (including phenoxy) is 1. The summed E-state index contributed by atoms with van der Waals surface area (Å²) in [6, 6.07) is 14.4. The van der Waals surface area contributed by atoms with E-state index in [2.05, 4.69) is 40.1 Å². The lowest BCUT2D eigenvalue weighted by molar-refractivity contribution is -0.143. The van der Waals surface area contributed by atoms with Crippen LogP contribution in [0.25, 0.3) is 0 Å². The molecule has 0 amide bonds. The third-order valence-electron chi connectivity index (χ3n) is 5.45. The number of benzene rings is 2. The minimum atomic E-state index is -0.686. The minimum absolute atomic E-state index is 0. The van der Waals surface area contributed by atoms with Gasteiger partial charge in [0.2, 0.25) is 0 Å². The molecule has 2 aromatic rings. The molecule has 0 saturated carbocycles. The summed E-state index contributed by atoms with van der Waals surface area (Å²) in [5.74, 6) is -0.929. The van der Waals surface area contributed by atoms with Gasteiger partial charge in [0.15, 0.2) is 0 Å². The zero-order valence-corrected chi connectivity index (χ0v) is 19.0. The van der Waals surface area contributed by atoms with Gasteiger partial charge in [-0.05, 0) is 49.7 Å². The van der Waals surface area contributed by atoms with E-state index in [4.69, 9.17) is 16.3 Å². The summed E-state index contributed by atoms with van der Waals surface area (Å²) in [4.78, 5) is 18.1. The van der Waals surface area contributed by atoms with Crippen molar-refractivity contribution in [3.05, 3.63) is 47.5 Å². The van der Waals surface area contributed by atoms with Crippen LogP contribution in [-0.4, -0.2) is 55.4 Å². The van der Waals surface area contributed by atoms with Crippen LogP contribution in [-0.2, 0) is 9.53 Å². The van der Waals surface area contributed by atoms with E-state index in [1.54, 1.807) is 11.8 Å². The molecule has 1 saturated heterocycles. The second-order valence-electron chi connectivity index (χ2n) is 7.42. The lowest BCUT2D eigenvalue weighted by Crippen LogP contribution is -2.40. The van der Waals surface area contributed by atoms with Crippen molar-refractivity contribution in [2.75, 3.05) is 44.3 Å². The number of aliphatic carboxylic acids is 1. The van der Waals surface area contributed by atoms with Crippen LogP contribution >= 0.6 is 35.8 Å². The smallest absolute Gasteiger partial charge is 0.307 e. The maximum absolute atomic E-state index is 11.2. The second-order valence-corrected chi connectivity index (χ2v) is 8.94. The van der Waals surface area contributed by atoms with Crippen molar-refractivity contribution in [2.24, 2.45) is 5.92 Å². The van der Waals surface area contributed by atoms with Crippen LogP contribution in [0.3, 0.4) is 0 Å². The highest BCUT2D eigenvalue weighted by atomic mass is 35.5. The van der Waals surface area contributed by atoms with Crippen molar-refractivity contribution in [3.8, 4) is 0 Å². The fourth-order valence-electron chi connectivity index (χ4n) is 3.96. The molecule has 2 aliphatic heterocycles. The van der Waals surface area contributed by atoms with Gasteiger partial charge in [-0.3, -0.25) is 4.79 Å². The molecular formula is C22H26Cl2N2O3S. The highest BCUT2D eigenvalue weighted by Gasteiger charge is 2.25. The highest BCUT2D eigenvalue weighted by molar-refractivity contribution is 7.99. The molecule has 162 valence electrons. The van der Waals surface area contributed by atoms with E-state index in [9.17, 15) is 9.90 Å². The predicted molar refractivity (Wildman–Crippen MR) is 124 cm³/mol. The molecule has 5 nitrogen and oxygen atoms in total. The largest absolute Gasteiger partial charge is 0.481 e. The van der Waals surface area contributed by atoms with Crippen LogP contribution < -0.4 is 4.90 Å². The molecule has 1 fully saturated rings. The fraction of sp³-hybridized carbons (Fsp3) is 0.409. The SMILES string of the molecule is Cl.O=C(O)C1CCCN(CCOCCN2c3ccccc3Sc3ccc(Cl)cc32)C1. The van der Waals surface area contributed by atoms with Crippen LogP contribution in [0.2, 0.25) is 5.02 Å². The Kier molecular flexibility index (Phi) is 8.31. The standard InChI is InChI=1S/C22H25ClN2O3S.ClH/c23-17-7-8-21-19(14-17)25(18-5-1-2-6-20(18)29-21)11-13-28-12-10-24-9-3-4-16(15-24)22(26)27;/h1-2,5-8,14,16H,3-4,9-13,15H2,(H,26,27);1H. The van der Waals surface area contributed by atoms with Gasteiger partial charge in [0, 0.05) is 34.4 Å². The van der Waals surface area contributed by atoms with Crippen molar-refractivity contribution in [3.63, 3.8) is 0 Å². The Morgan fingerprint density at radius 2 is 1.90 bits per heavy atom. The number of nitrogens with zero attached hydrogens (tertiary/aromatic N) is 2. The third kappa shape index (κ3) is 5.42. The van der Waals surface area contributed by atoms with E-state index < -0.39 is 5.97 Å². The molecule has 2 aromatic carbocycles. The number of likely N-dealkylation sites (tertiary alicyclic amines) is 1. The van der Waals surface area contributed by atoms with Crippen LogP contribution in [0.4, 0.5) is 11.4 Å². The van der Waals surface area contributed by atoms with Gasteiger partial charge in [0.05, 0.1) is 30.5 Å². The molecule has 30 heavy (non-hydrogen) atoms. The number of anilines is 2. The molecule has 1 unspecified atom stereocenters. The topological polar surface area (TPSA) is 53.0 Å². The van der Waals surface area contributed by atoms with E-state index >= 15 is 0 Å². The molecule has 0 radical (unpaired) electrons. The Labute approximate surface area is 192 Å². The average Bonchev–Trinajstić information content (AvgIpc) is 2.73. The highest BCUT2D eigenvalue weighted by Crippen LogP contribution is 2.48. The number of piperidine rings is 1. The van der Waals surface area contributed by atoms with Gasteiger partial charge in [0.25, 0.3) is 0 Å². The third-order valence-corrected chi connectivity index (χ3v) is 6.82. The summed E-state index contributed by atoms with van der Waals surface area (Å²) < 4.78 is 5.92. The van der Waals surface area contributed by atoms with Crippen LogP contribution in [0.5, 0.6) is 0 Å². The van der Waals surface area contributed by atoms with Crippen LogP contribution in [0.15, 0.2) is 52.3 Å². The molecule has 1 N–H and O–H groups in total. The Morgan fingerprint density at radius 3 is 2.73 bits per heavy atom. The summed E-state index contributed by atoms with van der Waals surface area (Å²) in [6.45, 7) is 4.30. The first-order valence-corrected chi connectivity index (χ1v) is 11.2. The molecule has 0 spiro atoms. The number of hydrogen-bond donors (Lipinski definition) is 1. The van der Waals surface area contributed by atoms with Crippen LogP contribution in [0, 0.1) is 5.92 Å². The molecule has 0 bridgehead atoms. The number of hydrogen-bond acceptors (Lipinski definition) is 5. The lowest BCUT2D eigenvalue weighted by Gasteiger charge is -2.33. The fourth-order valence-corrected chi connectivity index (χ4v) is 5.20. The number of halogens is 2. The normalized spacial score (nSPS) is 18.3. The summed E-state index contributed by atoms with van der Waals surface area (Å²) in [5, 5.41) is 9.94. The van der Waals surface area contributed by atoms with Crippen molar-refractivity contribution in [2.45, 2.75) is 22.6 Å². The van der Waals surface area contributed by atoms with Gasteiger partial charge >= 0.3 is 5.97 Å². The summed E-state index contributed by atoms with van der Waals surface area (Å²) >= 11 is 8.02. The monoisotopic (exact) mass is 468 g/mol. The zero-order valence-electron chi connectivity index (χ0n) is 16.6. The van der Waals surface area contributed by atoms with E-state index in [1.165, 1.54) is 15.5 Å². The quantitative estimate of drug-likeness (QED) is 0.565. The number of carboxylic acids is 1. The Morgan fingerprint density at radius 1 is 1.13 bits per heavy atom. The number of carbonyl (C=O) groups is 1. The Bertz CT molecular complexity index is 883.